The lowest BCUT2D eigenvalue weighted by Gasteiger charge is -2.26. The predicted octanol–water partition coefficient (Wildman–Crippen LogP) is 1.91. The van der Waals surface area contributed by atoms with Crippen molar-refractivity contribution >= 4 is 16.9 Å². The molecule has 8 heteroatoms. The summed E-state index contributed by atoms with van der Waals surface area (Å²) in [5.74, 6) is 1.19. The molecule has 0 saturated carbocycles. The molecule has 1 fully saturated rings. The van der Waals surface area contributed by atoms with Crippen molar-refractivity contribution in [2.45, 2.75) is 60.0 Å². The Hall–Kier alpha value is -2.35. The summed E-state index contributed by atoms with van der Waals surface area (Å²) in [5, 5.41) is 0. The zero-order valence-corrected chi connectivity index (χ0v) is 18.2. The summed E-state index contributed by atoms with van der Waals surface area (Å²) >= 11 is 0. The number of hydrogen-bond donors (Lipinski definition) is 0. The van der Waals surface area contributed by atoms with Crippen LogP contribution in [0.5, 0.6) is 0 Å². The summed E-state index contributed by atoms with van der Waals surface area (Å²) in [6, 6.07) is 0. The SMILES string of the molecule is Cc1c(C)n2c3c(=O)n(CCN4CCCCC4)c(=O)n(C)c3nc2n1CC(C)C. The van der Waals surface area contributed by atoms with E-state index < -0.39 is 0 Å². The number of aromatic nitrogens is 5. The van der Waals surface area contributed by atoms with Gasteiger partial charge in [0.15, 0.2) is 11.2 Å². The van der Waals surface area contributed by atoms with Gasteiger partial charge in [0, 0.05) is 38.1 Å². The maximum absolute atomic E-state index is 13.4. The second kappa shape index (κ2) is 7.48. The summed E-state index contributed by atoms with van der Waals surface area (Å²) in [7, 11) is 1.71. The molecule has 0 aliphatic carbocycles. The Morgan fingerprint density at radius 2 is 1.66 bits per heavy atom. The Kier molecular flexibility index (Phi) is 5.14. The number of rotatable bonds is 5. The molecule has 0 atom stereocenters. The van der Waals surface area contributed by atoms with Crippen molar-refractivity contribution in [2.24, 2.45) is 13.0 Å². The van der Waals surface area contributed by atoms with Crippen molar-refractivity contribution in [1.29, 1.82) is 0 Å². The predicted molar refractivity (Wildman–Crippen MR) is 115 cm³/mol. The third-order valence-corrected chi connectivity index (χ3v) is 6.27. The quantitative estimate of drug-likeness (QED) is 0.656. The molecule has 29 heavy (non-hydrogen) atoms. The minimum atomic E-state index is -0.287. The van der Waals surface area contributed by atoms with E-state index in [9.17, 15) is 9.59 Å². The lowest BCUT2D eigenvalue weighted by molar-refractivity contribution is 0.218. The van der Waals surface area contributed by atoms with Gasteiger partial charge in [0.2, 0.25) is 5.78 Å². The molecular weight excluding hydrogens is 368 g/mol. The van der Waals surface area contributed by atoms with Gasteiger partial charge in [0.05, 0.1) is 0 Å². The van der Waals surface area contributed by atoms with Crippen LogP contribution >= 0.6 is 0 Å². The van der Waals surface area contributed by atoms with Crippen molar-refractivity contribution in [3.05, 3.63) is 32.2 Å². The first-order valence-electron chi connectivity index (χ1n) is 10.7. The van der Waals surface area contributed by atoms with E-state index in [-0.39, 0.29) is 11.2 Å². The number of likely N-dealkylation sites (tertiary alicyclic amines) is 1. The lowest BCUT2D eigenvalue weighted by atomic mass is 10.1. The van der Waals surface area contributed by atoms with E-state index in [1.165, 1.54) is 28.4 Å². The first kappa shape index (κ1) is 19.9. The van der Waals surface area contributed by atoms with E-state index in [1.54, 1.807) is 7.05 Å². The zero-order chi connectivity index (χ0) is 20.9. The fourth-order valence-corrected chi connectivity index (χ4v) is 4.52. The molecular formula is C21H32N6O2. The highest BCUT2D eigenvalue weighted by molar-refractivity contribution is 5.76. The topological polar surface area (TPSA) is 69.5 Å². The van der Waals surface area contributed by atoms with Crippen molar-refractivity contribution in [3.8, 4) is 0 Å². The minimum absolute atomic E-state index is 0.239. The van der Waals surface area contributed by atoms with Gasteiger partial charge in [-0.3, -0.25) is 18.3 Å². The highest BCUT2D eigenvalue weighted by Gasteiger charge is 2.23. The van der Waals surface area contributed by atoms with Crippen LogP contribution < -0.4 is 11.2 Å². The van der Waals surface area contributed by atoms with Crippen molar-refractivity contribution < 1.29 is 0 Å². The van der Waals surface area contributed by atoms with Crippen LogP contribution in [0.15, 0.2) is 9.59 Å². The molecule has 3 aromatic rings. The summed E-state index contributed by atoms with van der Waals surface area (Å²) in [6.07, 6.45) is 3.65. The first-order valence-corrected chi connectivity index (χ1v) is 10.7. The Balaban J connectivity index is 1.87. The average Bonchev–Trinajstić information content (AvgIpc) is 3.19. The monoisotopic (exact) mass is 400 g/mol. The smallest absolute Gasteiger partial charge is 0.314 e. The van der Waals surface area contributed by atoms with Gasteiger partial charge in [-0.1, -0.05) is 20.3 Å². The Labute approximate surface area is 170 Å². The number of aryl methyl sites for hydroxylation is 2. The largest absolute Gasteiger partial charge is 0.332 e. The molecule has 1 aliphatic rings. The van der Waals surface area contributed by atoms with Crippen LogP contribution in [0.2, 0.25) is 0 Å². The third-order valence-electron chi connectivity index (χ3n) is 6.27. The molecule has 158 valence electrons. The number of hydrogen-bond acceptors (Lipinski definition) is 4. The second-order valence-electron chi connectivity index (χ2n) is 8.80. The van der Waals surface area contributed by atoms with Crippen LogP contribution in [0.25, 0.3) is 16.9 Å². The first-order chi connectivity index (χ1) is 13.8. The maximum Gasteiger partial charge on any atom is 0.332 e. The second-order valence-corrected chi connectivity index (χ2v) is 8.80. The Bertz CT molecular complexity index is 1170. The molecule has 0 radical (unpaired) electrons. The summed E-state index contributed by atoms with van der Waals surface area (Å²) in [5.41, 5.74) is 2.55. The van der Waals surface area contributed by atoms with Crippen LogP contribution in [-0.4, -0.2) is 47.6 Å². The molecule has 0 unspecified atom stereocenters. The molecule has 1 aliphatic heterocycles. The number of fused-ring (bicyclic) bond motifs is 3. The van der Waals surface area contributed by atoms with Gasteiger partial charge in [-0.2, -0.15) is 4.98 Å². The lowest BCUT2D eigenvalue weighted by Crippen LogP contribution is -2.43. The number of piperidine rings is 1. The van der Waals surface area contributed by atoms with Crippen LogP contribution in [-0.2, 0) is 20.1 Å². The fraction of sp³-hybridized carbons (Fsp3) is 0.667. The van der Waals surface area contributed by atoms with Gasteiger partial charge in [0.25, 0.3) is 5.56 Å². The van der Waals surface area contributed by atoms with Crippen molar-refractivity contribution in [3.63, 3.8) is 0 Å². The molecule has 0 amide bonds. The van der Waals surface area contributed by atoms with Crippen LogP contribution in [0, 0.1) is 19.8 Å². The molecule has 0 bridgehead atoms. The van der Waals surface area contributed by atoms with Gasteiger partial charge in [0.1, 0.15) is 0 Å². The summed E-state index contributed by atoms with van der Waals surface area (Å²) < 4.78 is 7.00. The van der Waals surface area contributed by atoms with E-state index in [0.29, 0.717) is 23.6 Å². The highest BCUT2D eigenvalue weighted by atomic mass is 16.2. The van der Waals surface area contributed by atoms with Gasteiger partial charge in [-0.25, -0.2) is 4.79 Å². The Morgan fingerprint density at radius 1 is 0.966 bits per heavy atom. The van der Waals surface area contributed by atoms with E-state index in [2.05, 4.69) is 30.2 Å². The van der Waals surface area contributed by atoms with E-state index in [0.717, 1.165) is 43.3 Å². The normalized spacial score (nSPS) is 15.9. The van der Waals surface area contributed by atoms with Gasteiger partial charge >= 0.3 is 5.69 Å². The third kappa shape index (κ3) is 3.23. The number of nitrogens with zero attached hydrogens (tertiary/aromatic N) is 6. The highest BCUT2D eigenvalue weighted by Crippen LogP contribution is 2.21. The zero-order valence-electron chi connectivity index (χ0n) is 18.2. The van der Waals surface area contributed by atoms with Gasteiger partial charge in [-0.15, -0.1) is 0 Å². The van der Waals surface area contributed by atoms with Crippen molar-refractivity contribution in [1.82, 2.24) is 28.0 Å². The standard InChI is InChI=1S/C21H32N6O2/c1-14(2)13-26-15(3)16(4)27-17-18(22-20(26)27)23(5)21(29)25(19(17)28)12-11-24-9-7-6-8-10-24/h14H,6-13H2,1-5H3. The van der Waals surface area contributed by atoms with Gasteiger partial charge < -0.3 is 9.47 Å². The molecule has 0 N–H and O–H groups in total. The molecule has 1 saturated heterocycles. The fourth-order valence-electron chi connectivity index (χ4n) is 4.52. The van der Waals surface area contributed by atoms with E-state index in [4.69, 9.17) is 4.98 Å². The summed E-state index contributed by atoms with van der Waals surface area (Å²) in [6.45, 7) is 12.5. The molecule has 3 aromatic heterocycles. The maximum atomic E-state index is 13.4. The molecule has 4 heterocycles. The van der Waals surface area contributed by atoms with Crippen LogP contribution in [0.4, 0.5) is 0 Å². The Morgan fingerprint density at radius 3 is 2.31 bits per heavy atom. The van der Waals surface area contributed by atoms with Crippen LogP contribution in [0.1, 0.15) is 44.5 Å². The van der Waals surface area contributed by atoms with Gasteiger partial charge in [-0.05, 0) is 45.7 Å². The molecule has 4 rings (SSSR count). The summed E-state index contributed by atoms with van der Waals surface area (Å²) in [4.78, 5) is 33.4. The van der Waals surface area contributed by atoms with Crippen LogP contribution in [0.3, 0.4) is 0 Å². The number of imidazole rings is 2. The molecule has 0 aromatic carbocycles. The minimum Gasteiger partial charge on any atom is -0.314 e. The van der Waals surface area contributed by atoms with Crippen molar-refractivity contribution in [2.75, 3.05) is 19.6 Å². The molecule has 8 nitrogen and oxygen atoms in total. The van der Waals surface area contributed by atoms with E-state index in [1.807, 2.05) is 11.3 Å². The van der Waals surface area contributed by atoms with E-state index >= 15 is 0 Å². The molecule has 0 spiro atoms. The average molecular weight is 401 g/mol.